The van der Waals surface area contributed by atoms with Gasteiger partial charge >= 0.3 is 12.3 Å². The van der Waals surface area contributed by atoms with Gasteiger partial charge in [0.1, 0.15) is 16.9 Å². The van der Waals surface area contributed by atoms with E-state index in [-0.39, 0.29) is 29.9 Å². The Morgan fingerprint density at radius 1 is 1.23 bits per heavy atom. The third-order valence-corrected chi connectivity index (χ3v) is 7.22. The number of benzene rings is 1. The molecule has 0 radical (unpaired) electrons. The lowest BCUT2D eigenvalue weighted by Crippen LogP contribution is -2.33. The second kappa shape index (κ2) is 19.4. The number of aromatic nitrogens is 3. The van der Waals surface area contributed by atoms with Gasteiger partial charge in [-0.25, -0.2) is 9.78 Å². The molecule has 0 spiro atoms. The summed E-state index contributed by atoms with van der Waals surface area (Å²) in [5.41, 5.74) is 1.96. The Labute approximate surface area is 259 Å². The number of carbonyl (C=O) groups excluding carboxylic acids is 3. The Balaban J connectivity index is 0.000000360. The Hall–Kier alpha value is -3.94. The first kappa shape index (κ1) is 38.1. The number of anilines is 1. The number of hydrogen-bond acceptors (Lipinski definition) is 8. The van der Waals surface area contributed by atoms with Crippen LogP contribution in [0.25, 0.3) is 10.6 Å². The van der Waals surface area contributed by atoms with Gasteiger partial charge in [0.25, 0.3) is 0 Å². The topological polar surface area (TPSA) is 146 Å². The molecule has 4 N–H and O–H groups in total. The molecule has 1 aliphatic rings. The zero-order chi connectivity index (χ0) is 33.3. The van der Waals surface area contributed by atoms with Crippen LogP contribution in [0.1, 0.15) is 94.1 Å². The van der Waals surface area contributed by atoms with Crippen molar-refractivity contribution in [3.63, 3.8) is 0 Å². The first-order chi connectivity index (χ1) is 20.9. The zero-order valence-electron chi connectivity index (χ0n) is 25.8. The number of rotatable bonds is 8. The number of aromatic amines is 1. The van der Waals surface area contributed by atoms with Crippen LogP contribution in [0.15, 0.2) is 30.5 Å². The summed E-state index contributed by atoms with van der Waals surface area (Å²) >= 11 is 1.54. The van der Waals surface area contributed by atoms with Crippen LogP contribution >= 0.6 is 11.3 Å². The van der Waals surface area contributed by atoms with Gasteiger partial charge in [-0.05, 0) is 45.6 Å². The molecule has 0 bridgehead atoms. The minimum Gasteiger partial charge on any atom is -0.507 e. The number of hydrogen-bond donors (Lipinski definition) is 4. The smallest absolute Gasteiger partial charge is 0.407 e. The van der Waals surface area contributed by atoms with Crippen molar-refractivity contribution in [3.05, 3.63) is 46.6 Å². The quantitative estimate of drug-likeness (QED) is 0.185. The van der Waals surface area contributed by atoms with E-state index < -0.39 is 12.6 Å². The summed E-state index contributed by atoms with van der Waals surface area (Å²) in [4.78, 5) is 38.2. The molecule has 1 aromatic carbocycles. The van der Waals surface area contributed by atoms with Gasteiger partial charge in [-0.15, -0.1) is 11.3 Å². The third kappa shape index (κ3) is 13.1. The summed E-state index contributed by atoms with van der Waals surface area (Å²) in [7, 11) is 0. The van der Waals surface area contributed by atoms with Crippen LogP contribution in [-0.4, -0.2) is 57.4 Å². The van der Waals surface area contributed by atoms with Gasteiger partial charge in [0.2, 0.25) is 6.41 Å². The molecule has 3 aromatic rings. The van der Waals surface area contributed by atoms with Crippen LogP contribution in [-0.2, 0) is 16.0 Å². The molecule has 1 fully saturated rings. The number of nitrogens with zero attached hydrogens (tertiary/aromatic N) is 2. The van der Waals surface area contributed by atoms with Crippen molar-refractivity contribution in [2.75, 3.05) is 5.32 Å². The summed E-state index contributed by atoms with van der Waals surface area (Å²) in [6.45, 7) is 10.9. The number of aldehydes is 1. The largest absolute Gasteiger partial charge is 0.507 e. The maximum Gasteiger partial charge on any atom is 0.407 e. The Morgan fingerprint density at radius 2 is 1.91 bits per heavy atom. The molecule has 1 saturated carbocycles. The average molecular weight is 642 g/mol. The van der Waals surface area contributed by atoms with Crippen molar-refractivity contribution in [1.29, 1.82) is 0 Å². The maximum absolute atomic E-state index is 11.5. The first-order valence-electron chi connectivity index (χ1n) is 14.4. The monoisotopic (exact) mass is 641 g/mol. The number of halogens is 3. The van der Waals surface area contributed by atoms with Crippen LogP contribution in [0.5, 0.6) is 5.75 Å². The number of nitrogens with one attached hydrogen (secondary N) is 3. The van der Waals surface area contributed by atoms with E-state index in [4.69, 9.17) is 4.74 Å². The number of aryl methyl sites for hydroxylation is 1. The molecule has 44 heavy (non-hydrogen) atoms. The molecular formula is C30H42F3N5O5S. The van der Waals surface area contributed by atoms with Crippen molar-refractivity contribution in [1.82, 2.24) is 20.5 Å². The second-order valence-corrected chi connectivity index (χ2v) is 10.7. The standard InChI is InChI=1S/C13H20N4O3.C12H11NO2S.C3H5F3.C2H6/c1-8(2)15-13(19)20-10-4-3-9(5-10)11-6-12(14-7-18)17-16-11;1-2-8-6-13-12(16-8)9-4-3-5-11(15)10(9)7-14;1-2-3(4,5)6;1-2/h6-10H,3-5H2,1-2H3,(H,15,19)(H2,14,16,17,18);3-7,15H,2H2,1H3;2H2,1H3;1-2H3. The molecule has 2 atom stereocenters. The van der Waals surface area contributed by atoms with Gasteiger partial charge < -0.3 is 20.5 Å². The minimum absolute atomic E-state index is 0.000693. The van der Waals surface area contributed by atoms with E-state index in [0.717, 1.165) is 48.2 Å². The van der Waals surface area contributed by atoms with Crippen LogP contribution in [0.3, 0.4) is 0 Å². The summed E-state index contributed by atoms with van der Waals surface area (Å²) in [5, 5.41) is 22.4. The minimum atomic E-state index is -3.96. The predicted octanol–water partition coefficient (Wildman–Crippen LogP) is 7.62. The molecule has 2 amide bonds. The van der Waals surface area contributed by atoms with Gasteiger partial charge in [-0.3, -0.25) is 14.7 Å². The SMILES string of the molecule is CC.CC(C)NC(=O)OC1CCC(c2cc(NC=O)n[nH]2)C1.CCC(F)(F)F.CCc1cnc(-c2cccc(O)c2C=O)s1. The third-order valence-electron chi connectivity index (χ3n) is 6.04. The number of thiazole rings is 1. The maximum atomic E-state index is 11.5. The lowest BCUT2D eigenvalue weighted by atomic mass is 10.0. The molecule has 2 unspecified atom stereocenters. The van der Waals surface area contributed by atoms with Crippen molar-refractivity contribution < 1.29 is 37.4 Å². The van der Waals surface area contributed by atoms with E-state index in [1.54, 1.807) is 29.7 Å². The van der Waals surface area contributed by atoms with Gasteiger partial charge in [0, 0.05) is 46.8 Å². The fourth-order valence-electron chi connectivity index (χ4n) is 3.89. The van der Waals surface area contributed by atoms with Gasteiger partial charge in [-0.2, -0.15) is 18.3 Å². The number of aromatic hydroxyl groups is 1. The molecule has 4 rings (SSSR count). The van der Waals surface area contributed by atoms with Gasteiger partial charge in [-0.1, -0.05) is 39.8 Å². The number of phenolic OH excluding ortho intramolecular Hbond substituents is 1. The summed E-state index contributed by atoms with van der Waals surface area (Å²) in [6.07, 6.45) is 1.41. The van der Waals surface area contributed by atoms with Crippen LogP contribution < -0.4 is 10.6 Å². The first-order valence-corrected chi connectivity index (χ1v) is 15.2. The zero-order valence-corrected chi connectivity index (χ0v) is 26.6. The highest BCUT2D eigenvalue weighted by atomic mass is 32.1. The average Bonchev–Trinajstić information content (AvgIpc) is 3.75. The number of carbonyl (C=O) groups is 3. The van der Waals surface area contributed by atoms with E-state index in [0.29, 0.717) is 29.6 Å². The summed E-state index contributed by atoms with van der Waals surface area (Å²) in [5.74, 6) is 0.791. The molecule has 0 aliphatic heterocycles. The molecule has 244 valence electrons. The molecule has 0 saturated heterocycles. The molecule has 10 nitrogen and oxygen atoms in total. The summed E-state index contributed by atoms with van der Waals surface area (Å²) < 4.78 is 37.7. The highest BCUT2D eigenvalue weighted by molar-refractivity contribution is 7.15. The molecular weight excluding hydrogens is 599 g/mol. The van der Waals surface area contributed by atoms with Crippen molar-refractivity contribution in [2.45, 2.75) is 97.9 Å². The fourth-order valence-corrected chi connectivity index (χ4v) is 4.78. The Morgan fingerprint density at radius 3 is 2.45 bits per heavy atom. The van der Waals surface area contributed by atoms with E-state index in [1.165, 1.54) is 6.07 Å². The fraction of sp³-hybridized carbons (Fsp3) is 0.500. The number of phenols is 1. The van der Waals surface area contributed by atoms with Crippen LogP contribution in [0.2, 0.25) is 0 Å². The van der Waals surface area contributed by atoms with E-state index in [9.17, 15) is 32.7 Å². The number of alkyl halides is 3. The number of ether oxygens (including phenoxy) is 1. The normalized spacial score (nSPS) is 15.4. The lowest BCUT2D eigenvalue weighted by molar-refractivity contribution is -0.130. The Kier molecular flexibility index (Phi) is 16.8. The molecule has 14 heteroatoms. The van der Waals surface area contributed by atoms with E-state index in [1.807, 2.05) is 33.8 Å². The predicted molar refractivity (Wildman–Crippen MR) is 165 cm³/mol. The van der Waals surface area contributed by atoms with E-state index >= 15 is 0 Å². The highest BCUT2D eigenvalue weighted by Crippen LogP contribution is 2.36. The van der Waals surface area contributed by atoms with Crippen molar-refractivity contribution in [3.8, 4) is 16.3 Å². The summed E-state index contributed by atoms with van der Waals surface area (Å²) in [6, 6.07) is 6.90. The van der Waals surface area contributed by atoms with Crippen LogP contribution in [0, 0.1) is 0 Å². The lowest BCUT2D eigenvalue weighted by Gasteiger charge is -2.14. The van der Waals surface area contributed by atoms with E-state index in [2.05, 4.69) is 32.7 Å². The molecule has 2 aromatic heterocycles. The molecule has 1 aliphatic carbocycles. The van der Waals surface area contributed by atoms with Crippen molar-refractivity contribution >= 4 is 35.9 Å². The number of amides is 2. The van der Waals surface area contributed by atoms with Gasteiger partial charge in [0.05, 0.1) is 5.56 Å². The number of alkyl carbamates (subject to hydrolysis) is 1. The Bertz CT molecular complexity index is 1300. The van der Waals surface area contributed by atoms with Gasteiger partial charge in [0.15, 0.2) is 12.1 Å². The number of H-pyrrole nitrogens is 1. The second-order valence-electron chi connectivity index (χ2n) is 9.62. The molecule has 2 heterocycles. The van der Waals surface area contributed by atoms with Crippen molar-refractivity contribution in [2.24, 2.45) is 0 Å². The van der Waals surface area contributed by atoms with Crippen LogP contribution in [0.4, 0.5) is 23.8 Å². The highest BCUT2D eigenvalue weighted by Gasteiger charge is 2.30.